The summed E-state index contributed by atoms with van der Waals surface area (Å²) in [7, 11) is 1.62. The van der Waals surface area contributed by atoms with Crippen LogP contribution in [0.5, 0.6) is 5.75 Å². The zero-order valence-electron chi connectivity index (χ0n) is 24.1. The molecule has 9 heteroatoms. The van der Waals surface area contributed by atoms with Crippen molar-refractivity contribution in [2.24, 2.45) is 0 Å². The van der Waals surface area contributed by atoms with Gasteiger partial charge in [-0.1, -0.05) is 55.5 Å². The SMILES string of the molecule is CCC(OC(=O)c1c2c(nc3ccccc13)CCN(Cc1ccccc1)C2)C(=O)Nc1nc(-c2ccc(OC)cc2)cs1. The van der Waals surface area contributed by atoms with E-state index in [1.807, 2.05) is 79.0 Å². The van der Waals surface area contributed by atoms with Gasteiger partial charge < -0.3 is 9.47 Å². The Bertz CT molecular complexity index is 1750. The summed E-state index contributed by atoms with van der Waals surface area (Å²) in [6, 6.07) is 25.5. The van der Waals surface area contributed by atoms with Crippen LogP contribution >= 0.6 is 11.3 Å². The van der Waals surface area contributed by atoms with Crippen molar-refractivity contribution in [1.29, 1.82) is 0 Å². The van der Waals surface area contributed by atoms with Gasteiger partial charge in [-0.2, -0.15) is 0 Å². The van der Waals surface area contributed by atoms with Crippen molar-refractivity contribution >= 4 is 39.2 Å². The number of anilines is 1. The Morgan fingerprint density at radius 1 is 1.00 bits per heavy atom. The second-order valence-corrected chi connectivity index (χ2v) is 11.3. The van der Waals surface area contributed by atoms with Crippen molar-refractivity contribution in [3.05, 3.63) is 107 Å². The maximum atomic E-state index is 13.9. The number of para-hydroxylation sites is 1. The normalized spacial score (nSPS) is 13.7. The van der Waals surface area contributed by atoms with Crippen LogP contribution in [0.4, 0.5) is 5.13 Å². The molecule has 1 aliphatic rings. The Balaban J connectivity index is 1.21. The standard InChI is InChI=1S/C34H32N4O4S/c1-3-30(32(39)37-34-36-29(21-43-34)23-13-15-24(41-2)16-14-23)42-33(40)31-25-11-7-8-12-27(25)35-28-17-18-38(20-26(28)31)19-22-9-5-4-6-10-22/h4-16,21,30H,3,17-20H2,1-2H3,(H,36,37,39). The molecule has 1 atom stereocenters. The predicted molar refractivity (Wildman–Crippen MR) is 168 cm³/mol. The second kappa shape index (κ2) is 12.7. The molecule has 8 nitrogen and oxygen atoms in total. The lowest BCUT2D eigenvalue weighted by Gasteiger charge is -2.30. The summed E-state index contributed by atoms with van der Waals surface area (Å²) in [5, 5.41) is 5.89. The predicted octanol–water partition coefficient (Wildman–Crippen LogP) is 6.50. The zero-order chi connectivity index (χ0) is 29.8. The molecule has 1 N–H and O–H groups in total. The van der Waals surface area contributed by atoms with Gasteiger partial charge in [0.25, 0.3) is 5.91 Å². The fourth-order valence-electron chi connectivity index (χ4n) is 5.38. The number of aromatic nitrogens is 2. The van der Waals surface area contributed by atoms with Gasteiger partial charge in [-0.15, -0.1) is 11.3 Å². The Hall–Kier alpha value is -4.60. The van der Waals surface area contributed by atoms with E-state index in [1.54, 1.807) is 7.11 Å². The van der Waals surface area contributed by atoms with E-state index >= 15 is 0 Å². The molecule has 0 spiro atoms. The van der Waals surface area contributed by atoms with Gasteiger partial charge in [-0.25, -0.2) is 9.78 Å². The fraction of sp³-hybridized carbons (Fsp3) is 0.235. The van der Waals surface area contributed by atoms with Crippen LogP contribution in [0.1, 0.15) is 40.5 Å². The van der Waals surface area contributed by atoms with E-state index in [0.29, 0.717) is 23.7 Å². The van der Waals surface area contributed by atoms with Gasteiger partial charge in [0.05, 0.1) is 23.9 Å². The minimum Gasteiger partial charge on any atom is -0.497 e. The monoisotopic (exact) mass is 592 g/mol. The first-order chi connectivity index (χ1) is 21.0. The molecule has 0 aliphatic carbocycles. The molecule has 0 bridgehead atoms. The van der Waals surface area contributed by atoms with Crippen LogP contribution in [-0.4, -0.2) is 46.5 Å². The van der Waals surface area contributed by atoms with E-state index in [2.05, 4.69) is 27.3 Å². The highest BCUT2D eigenvalue weighted by Crippen LogP contribution is 2.31. The molecule has 43 heavy (non-hydrogen) atoms. The minimum absolute atomic E-state index is 0.319. The van der Waals surface area contributed by atoms with Crippen molar-refractivity contribution in [2.45, 2.75) is 39.0 Å². The molecule has 0 radical (unpaired) electrons. The van der Waals surface area contributed by atoms with Crippen molar-refractivity contribution in [3.8, 4) is 17.0 Å². The summed E-state index contributed by atoms with van der Waals surface area (Å²) in [5.74, 6) is -0.173. The first kappa shape index (κ1) is 28.5. The minimum atomic E-state index is -0.979. The van der Waals surface area contributed by atoms with E-state index in [-0.39, 0.29) is 0 Å². The summed E-state index contributed by atoms with van der Waals surface area (Å²) >= 11 is 1.32. The third-order valence-electron chi connectivity index (χ3n) is 7.61. The molecule has 0 saturated heterocycles. The lowest BCUT2D eigenvalue weighted by atomic mass is 9.95. The summed E-state index contributed by atoms with van der Waals surface area (Å²) in [6.07, 6.45) is 0.0676. The molecule has 6 rings (SSSR count). The maximum Gasteiger partial charge on any atom is 0.340 e. The number of hydrogen-bond acceptors (Lipinski definition) is 8. The molecule has 3 aromatic carbocycles. The highest BCUT2D eigenvalue weighted by Gasteiger charge is 2.30. The third kappa shape index (κ3) is 6.28. The van der Waals surface area contributed by atoms with Gasteiger partial charge >= 0.3 is 5.97 Å². The Kier molecular flexibility index (Phi) is 8.44. The van der Waals surface area contributed by atoms with Crippen molar-refractivity contribution < 1.29 is 19.1 Å². The van der Waals surface area contributed by atoms with Gasteiger partial charge in [0.2, 0.25) is 0 Å². The molecular weight excluding hydrogens is 560 g/mol. The first-order valence-corrected chi connectivity index (χ1v) is 15.2. The zero-order valence-corrected chi connectivity index (χ0v) is 24.9. The van der Waals surface area contributed by atoms with Gasteiger partial charge in [0.15, 0.2) is 11.2 Å². The largest absolute Gasteiger partial charge is 0.497 e. The van der Waals surface area contributed by atoms with E-state index in [0.717, 1.165) is 58.7 Å². The van der Waals surface area contributed by atoms with Crippen LogP contribution in [-0.2, 0) is 29.0 Å². The van der Waals surface area contributed by atoms with E-state index < -0.39 is 18.0 Å². The maximum absolute atomic E-state index is 13.9. The number of hydrogen-bond donors (Lipinski definition) is 1. The lowest BCUT2D eigenvalue weighted by molar-refractivity contribution is -0.124. The van der Waals surface area contributed by atoms with Crippen LogP contribution in [0.15, 0.2) is 84.2 Å². The number of pyridine rings is 1. The third-order valence-corrected chi connectivity index (χ3v) is 8.37. The van der Waals surface area contributed by atoms with E-state index in [1.165, 1.54) is 16.9 Å². The molecule has 0 saturated carbocycles. The van der Waals surface area contributed by atoms with Gasteiger partial charge in [0, 0.05) is 53.6 Å². The number of carbonyl (C=O) groups is 2. The Morgan fingerprint density at radius 3 is 2.53 bits per heavy atom. The van der Waals surface area contributed by atoms with Crippen LogP contribution in [0.3, 0.4) is 0 Å². The number of thiazole rings is 1. The number of esters is 1. The smallest absolute Gasteiger partial charge is 0.340 e. The summed E-state index contributed by atoms with van der Waals surface area (Å²) < 4.78 is 11.2. The number of amides is 1. The summed E-state index contributed by atoms with van der Waals surface area (Å²) in [6.45, 7) is 4.01. The molecule has 0 fully saturated rings. The van der Waals surface area contributed by atoms with Crippen molar-refractivity contribution in [1.82, 2.24) is 14.9 Å². The molecular formula is C34H32N4O4S. The number of rotatable bonds is 9. The molecule has 5 aromatic rings. The number of carbonyl (C=O) groups excluding carboxylic acids is 2. The molecule has 1 unspecified atom stereocenters. The Labute approximate surface area is 254 Å². The molecule has 1 amide bonds. The molecule has 2 aromatic heterocycles. The average Bonchev–Trinajstić information content (AvgIpc) is 3.51. The number of methoxy groups -OCH3 is 1. The van der Waals surface area contributed by atoms with Crippen molar-refractivity contribution in [2.75, 3.05) is 19.0 Å². The van der Waals surface area contributed by atoms with Crippen LogP contribution in [0.2, 0.25) is 0 Å². The van der Waals surface area contributed by atoms with Crippen LogP contribution in [0.25, 0.3) is 22.2 Å². The Morgan fingerprint density at radius 2 is 1.77 bits per heavy atom. The van der Waals surface area contributed by atoms with Gasteiger partial charge in [0.1, 0.15) is 5.75 Å². The van der Waals surface area contributed by atoms with Crippen LogP contribution < -0.4 is 10.1 Å². The number of nitrogens with zero attached hydrogens (tertiary/aromatic N) is 3. The number of ether oxygens (including phenoxy) is 2. The van der Waals surface area contributed by atoms with E-state index in [9.17, 15) is 9.59 Å². The molecule has 1 aliphatic heterocycles. The average molecular weight is 593 g/mol. The first-order valence-electron chi connectivity index (χ1n) is 14.3. The van der Waals surface area contributed by atoms with Crippen molar-refractivity contribution in [3.63, 3.8) is 0 Å². The van der Waals surface area contributed by atoms with Crippen LogP contribution in [0, 0.1) is 0 Å². The number of fused-ring (bicyclic) bond motifs is 2. The van der Waals surface area contributed by atoms with Gasteiger partial charge in [-0.3, -0.25) is 20.0 Å². The second-order valence-electron chi connectivity index (χ2n) is 10.4. The quantitative estimate of drug-likeness (QED) is 0.195. The molecule has 218 valence electrons. The summed E-state index contributed by atoms with van der Waals surface area (Å²) in [5.41, 5.74) is 5.86. The lowest BCUT2D eigenvalue weighted by Crippen LogP contribution is -2.34. The summed E-state index contributed by atoms with van der Waals surface area (Å²) in [4.78, 5) is 39.0. The molecule has 3 heterocycles. The van der Waals surface area contributed by atoms with E-state index in [4.69, 9.17) is 14.5 Å². The number of benzene rings is 3. The topological polar surface area (TPSA) is 93.7 Å². The highest BCUT2D eigenvalue weighted by molar-refractivity contribution is 7.14. The number of nitrogens with one attached hydrogen (secondary N) is 1. The van der Waals surface area contributed by atoms with Gasteiger partial charge in [-0.05, 0) is 42.3 Å². The fourth-order valence-corrected chi connectivity index (χ4v) is 6.10. The highest BCUT2D eigenvalue weighted by atomic mass is 32.1.